The van der Waals surface area contributed by atoms with Crippen molar-refractivity contribution in [2.24, 2.45) is 0 Å². The highest BCUT2D eigenvalue weighted by Gasteiger charge is 2.30. The summed E-state index contributed by atoms with van der Waals surface area (Å²) in [6.07, 6.45) is -0.726. The predicted molar refractivity (Wildman–Crippen MR) is 105 cm³/mol. The summed E-state index contributed by atoms with van der Waals surface area (Å²) in [5.41, 5.74) is 1.90. The lowest BCUT2D eigenvalue weighted by Gasteiger charge is -2.30. The zero-order valence-electron chi connectivity index (χ0n) is 15.7. The van der Waals surface area contributed by atoms with Crippen LogP contribution in [0.5, 0.6) is 0 Å². The molecule has 1 saturated heterocycles. The topological polar surface area (TPSA) is 54.2 Å². The number of benzene rings is 2. The summed E-state index contributed by atoms with van der Waals surface area (Å²) in [6, 6.07) is 12.8. The number of anilines is 2. The third-order valence-electron chi connectivity index (χ3n) is 4.97. The number of para-hydroxylation sites is 2. The van der Waals surface area contributed by atoms with Gasteiger partial charge in [0, 0.05) is 18.7 Å². The van der Waals surface area contributed by atoms with E-state index < -0.39 is 11.7 Å². The Kier molecular flexibility index (Phi) is 5.42. The first-order valence-corrected chi connectivity index (χ1v) is 9.59. The van der Waals surface area contributed by atoms with Crippen LogP contribution in [0.2, 0.25) is 0 Å². The van der Waals surface area contributed by atoms with Crippen molar-refractivity contribution in [3.05, 3.63) is 60.0 Å². The minimum Gasteiger partial charge on any atom is -0.374 e. The Labute approximate surface area is 166 Å². The fraction of sp³-hybridized carbons (Fsp3) is 0.333. The molecule has 0 atom stereocenters. The number of hydrogen-bond donors (Lipinski definition) is 1. The van der Waals surface area contributed by atoms with Gasteiger partial charge in [-0.3, -0.25) is 0 Å². The van der Waals surface area contributed by atoms with Crippen LogP contribution in [0.4, 0.5) is 24.5 Å². The first-order valence-electron chi connectivity index (χ1n) is 9.59. The van der Waals surface area contributed by atoms with Crippen LogP contribution in [-0.4, -0.2) is 23.2 Å². The molecule has 1 N–H and O–H groups in total. The summed E-state index contributed by atoms with van der Waals surface area (Å²) in [4.78, 5) is 6.66. The van der Waals surface area contributed by atoms with Gasteiger partial charge in [-0.25, -0.2) is 0 Å². The molecule has 0 amide bonds. The number of hydrogen-bond acceptors (Lipinski definition) is 5. The van der Waals surface area contributed by atoms with E-state index in [4.69, 9.17) is 4.52 Å². The average molecular weight is 402 g/mol. The highest BCUT2D eigenvalue weighted by atomic mass is 19.4. The molecule has 0 radical (unpaired) electrons. The van der Waals surface area contributed by atoms with Crippen LogP contribution in [0, 0.1) is 0 Å². The highest BCUT2D eigenvalue weighted by molar-refractivity contribution is 5.70. The number of piperidine rings is 1. The SMILES string of the molecule is FC(F)(F)c1ccc(-c2noc(CNc3ccccc3N3CCCCC3)n2)cc1. The Bertz CT molecular complexity index is 947. The Hall–Kier alpha value is -3.03. The van der Waals surface area contributed by atoms with Crippen molar-refractivity contribution >= 4 is 11.4 Å². The normalized spacial score (nSPS) is 14.8. The maximum atomic E-state index is 12.7. The van der Waals surface area contributed by atoms with Gasteiger partial charge in [0.05, 0.1) is 23.5 Å². The molecule has 0 spiro atoms. The lowest BCUT2D eigenvalue weighted by Crippen LogP contribution is -2.30. The summed E-state index contributed by atoms with van der Waals surface area (Å²) >= 11 is 0. The predicted octanol–water partition coefficient (Wildman–Crippen LogP) is 5.36. The molecule has 0 saturated carbocycles. The minimum absolute atomic E-state index is 0.264. The van der Waals surface area contributed by atoms with Gasteiger partial charge in [-0.1, -0.05) is 29.4 Å². The zero-order valence-corrected chi connectivity index (χ0v) is 15.7. The molecule has 8 heteroatoms. The summed E-state index contributed by atoms with van der Waals surface area (Å²) in [5.74, 6) is 0.633. The van der Waals surface area contributed by atoms with Crippen molar-refractivity contribution in [1.29, 1.82) is 0 Å². The Morgan fingerprint density at radius 3 is 2.41 bits per heavy atom. The molecule has 152 valence electrons. The number of rotatable bonds is 5. The van der Waals surface area contributed by atoms with Crippen molar-refractivity contribution in [2.45, 2.75) is 32.0 Å². The molecular weight excluding hydrogens is 381 g/mol. The molecule has 1 aliphatic heterocycles. The number of alkyl halides is 3. The van der Waals surface area contributed by atoms with E-state index in [9.17, 15) is 13.2 Å². The second kappa shape index (κ2) is 8.14. The van der Waals surface area contributed by atoms with E-state index in [1.807, 2.05) is 18.2 Å². The van der Waals surface area contributed by atoms with Crippen molar-refractivity contribution < 1.29 is 17.7 Å². The largest absolute Gasteiger partial charge is 0.416 e. The fourth-order valence-corrected chi connectivity index (χ4v) is 3.46. The Morgan fingerprint density at radius 1 is 0.966 bits per heavy atom. The van der Waals surface area contributed by atoms with Gasteiger partial charge in [0.15, 0.2) is 0 Å². The molecule has 29 heavy (non-hydrogen) atoms. The lowest BCUT2D eigenvalue weighted by molar-refractivity contribution is -0.137. The standard InChI is InChI=1S/C21H21F3N4O/c22-21(23,24)16-10-8-15(9-11-16)20-26-19(29-27-20)14-25-17-6-2-3-7-18(17)28-12-4-1-5-13-28/h2-3,6-11,25H,1,4-5,12-14H2. The van der Waals surface area contributed by atoms with Crippen molar-refractivity contribution in [2.75, 3.05) is 23.3 Å². The van der Waals surface area contributed by atoms with Crippen LogP contribution in [0.1, 0.15) is 30.7 Å². The van der Waals surface area contributed by atoms with E-state index in [0.717, 1.165) is 36.6 Å². The molecule has 5 nitrogen and oxygen atoms in total. The van der Waals surface area contributed by atoms with Gasteiger partial charge in [-0.15, -0.1) is 0 Å². The maximum Gasteiger partial charge on any atom is 0.416 e. The number of nitrogens with zero attached hydrogens (tertiary/aromatic N) is 3. The van der Waals surface area contributed by atoms with Crippen LogP contribution in [0.3, 0.4) is 0 Å². The molecule has 2 heterocycles. The molecule has 3 aromatic rings. The second-order valence-corrected chi connectivity index (χ2v) is 7.01. The van der Waals surface area contributed by atoms with E-state index >= 15 is 0 Å². The maximum absolute atomic E-state index is 12.7. The molecule has 0 bridgehead atoms. The number of halogens is 3. The zero-order chi connectivity index (χ0) is 20.3. The van der Waals surface area contributed by atoms with Crippen LogP contribution in [0.15, 0.2) is 53.1 Å². The van der Waals surface area contributed by atoms with Crippen molar-refractivity contribution in [1.82, 2.24) is 10.1 Å². The van der Waals surface area contributed by atoms with Gasteiger partial charge in [0.1, 0.15) is 0 Å². The molecule has 1 aliphatic rings. The number of aromatic nitrogens is 2. The highest BCUT2D eigenvalue weighted by Crippen LogP contribution is 2.31. The Morgan fingerprint density at radius 2 is 1.69 bits per heavy atom. The van der Waals surface area contributed by atoms with Crippen LogP contribution in [-0.2, 0) is 12.7 Å². The first kappa shape index (κ1) is 19.3. The summed E-state index contributed by atoms with van der Waals surface area (Å²) < 4.78 is 43.3. The number of nitrogens with one attached hydrogen (secondary N) is 1. The van der Waals surface area contributed by atoms with E-state index in [0.29, 0.717) is 18.0 Å². The van der Waals surface area contributed by atoms with Crippen LogP contribution >= 0.6 is 0 Å². The smallest absolute Gasteiger partial charge is 0.374 e. The summed E-state index contributed by atoms with van der Waals surface area (Å²) in [6.45, 7) is 2.41. The van der Waals surface area contributed by atoms with Gasteiger partial charge in [-0.2, -0.15) is 18.2 Å². The molecule has 1 fully saturated rings. The lowest BCUT2D eigenvalue weighted by atomic mass is 10.1. The second-order valence-electron chi connectivity index (χ2n) is 7.01. The van der Waals surface area contributed by atoms with Gasteiger partial charge in [-0.05, 0) is 43.5 Å². The molecule has 2 aromatic carbocycles. The molecule has 4 rings (SSSR count). The minimum atomic E-state index is -4.37. The third-order valence-corrected chi connectivity index (χ3v) is 4.97. The van der Waals surface area contributed by atoms with E-state index in [2.05, 4.69) is 26.4 Å². The van der Waals surface area contributed by atoms with E-state index in [1.165, 1.54) is 31.4 Å². The van der Waals surface area contributed by atoms with Crippen molar-refractivity contribution in [3.63, 3.8) is 0 Å². The quantitative estimate of drug-likeness (QED) is 0.623. The molecule has 1 aromatic heterocycles. The van der Waals surface area contributed by atoms with Gasteiger partial charge >= 0.3 is 6.18 Å². The molecule has 0 aliphatic carbocycles. The van der Waals surface area contributed by atoms with Gasteiger partial charge in [0.2, 0.25) is 11.7 Å². The van der Waals surface area contributed by atoms with Gasteiger partial charge in [0.25, 0.3) is 0 Å². The van der Waals surface area contributed by atoms with Gasteiger partial charge < -0.3 is 14.7 Å². The first-order chi connectivity index (χ1) is 14.0. The third kappa shape index (κ3) is 4.52. The molecule has 0 unspecified atom stereocenters. The van der Waals surface area contributed by atoms with Crippen LogP contribution < -0.4 is 10.2 Å². The Balaban J connectivity index is 1.44. The average Bonchev–Trinajstić information content (AvgIpc) is 3.22. The van der Waals surface area contributed by atoms with E-state index in [1.54, 1.807) is 0 Å². The monoisotopic (exact) mass is 402 g/mol. The van der Waals surface area contributed by atoms with E-state index in [-0.39, 0.29) is 5.82 Å². The fourth-order valence-electron chi connectivity index (χ4n) is 3.46. The molecular formula is C21H21F3N4O. The van der Waals surface area contributed by atoms with Crippen molar-refractivity contribution in [3.8, 4) is 11.4 Å². The summed E-state index contributed by atoms with van der Waals surface area (Å²) in [7, 11) is 0. The summed E-state index contributed by atoms with van der Waals surface area (Å²) in [5, 5.41) is 7.22. The van der Waals surface area contributed by atoms with Crippen LogP contribution in [0.25, 0.3) is 11.4 Å².